The van der Waals surface area contributed by atoms with Crippen LogP contribution in [0.5, 0.6) is 0 Å². The molecule has 0 bridgehead atoms. The first kappa shape index (κ1) is 53.0. The molecule has 4 fully saturated rings. The third-order valence-corrected chi connectivity index (χ3v) is 16.6. The van der Waals surface area contributed by atoms with Crippen LogP contribution < -0.4 is 21.3 Å². The molecule has 4 saturated heterocycles. The zero-order chi connectivity index (χ0) is 54.4. The minimum Gasteiger partial charge on any atom is -0.343 e. The number of carbonyl (C=O) groups is 6. The maximum Gasteiger partial charge on any atom is 0.256 e. The van der Waals surface area contributed by atoms with Crippen LogP contribution in [0.3, 0.4) is 0 Å². The average Bonchev–Trinajstić information content (AvgIpc) is 4.26. The van der Waals surface area contributed by atoms with Crippen LogP contribution in [0.25, 0.3) is 33.2 Å². The van der Waals surface area contributed by atoms with Crippen molar-refractivity contribution in [3.63, 3.8) is 0 Å². The minimum atomic E-state index is -0.668. The number of para-hydroxylation sites is 2. The van der Waals surface area contributed by atoms with E-state index in [2.05, 4.69) is 31.2 Å². The summed E-state index contributed by atoms with van der Waals surface area (Å²) in [6, 6.07) is 17.2. The van der Waals surface area contributed by atoms with E-state index in [0.717, 1.165) is 70.0 Å². The van der Waals surface area contributed by atoms with E-state index in [4.69, 9.17) is 0 Å². The fourth-order valence-corrected chi connectivity index (χ4v) is 12.0. The lowest BCUT2D eigenvalue weighted by Crippen LogP contribution is -2.73. The molecule has 18 nitrogen and oxygen atoms in total. The number of benzene rings is 2. The van der Waals surface area contributed by atoms with Gasteiger partial charge in [-0.05, 0) is 101 Å². The number of likely N-dealkylation sites (N-methyl/N-ethyl adjacent to an activating group) is 2. The topological polar surface area (TPSA) is 199 Å². The van der Waals surface area contributed by atoms with Gasteiger partial charge >= 0.3 is 0 Å². The van der Waals surface area contributed by atoms with Gasteiger partial charge in [-0.15, -0.1) is 0 Å². The molecule has 18 heteroatoms. The van der Waals surface area contributed by atoms with Gasteiger partial charge in [0.25, 0.3) is 11.8 Å². The van der Waals surface area contributed by atoms with Gasteiger partial charge in [0, 0.05) is 80.2 Å². The SMILES string of the molecule is CN[C@@H](C)C(=O)N[C@H](C(=O)N1CCC[C@H]1c1cncc(-n2cc(C(=O)N3CC4(C3)CN(C(=O)c3cn(-c5cncc([C@@H]6CCCN6C(=O)[C@@H](NC(=O)[C@H](C)NC)C(C)C)c5)c5ccccc35)C4)c3ccccc32)c1)C(C)C. The van der Waals surface area contributed by atoms with Crippen molar-refractivity contribution in [1.82, 2.24) is 60.0 Å². The number of nitrogens with zero attached hydrogens (tertiary/aromatic N) is 8. The van der Waals surface area contributed by atoms with Crippen LogP contribution in [0.2, 0.25) is 0 Å². The lowest BCUT2D eigenvalue weighted by Gasteiger charge is -2.60. The third kappa shape index (κ3) is 9.97. The zero-order valence-electron chi connectivity index (χ0n) is 45.5. The molecule has 4 aliphatic heterocycles. The number of nitrogens with one attached hydrogen (secondary N) is 4. The number of rotatable bonds is 16. The number of amides is 6. The van der Waals surface area contributed by atoms with Gasteiger partial charge in [-0.2, -0.15) is 0 Å². The first-order valence-electron chi connectivity index (χ1n) is 27.3. The van der Waals surface area contributed by atoms with Crippen LogP contribution in [0.1, 0.15) is 111 Å². The van der Waals surface area contributed by atoms with Crippen molar-refractivity contribution in [1.29, 1.82) is 0 Å². The van der Waals surface area contributed by atoms with E-state index in [1.54, 1.807) is 52.7 Å². The standard InChI is InChI=1S/C59H72N12O6/c1-35(2)51(64-53(72)37(5)60-7)57(76)68-21-13-19-47(68)39-23-41(27-62-25-39)70-29-45(43-15-9-11-17-49(43)70)55(74)66-31-59(32-66)33-67(34-59)56(75)46-30-71(50-18-12-10-16-44(46)50)42-24-40(26-63-28-42)48-20-14-22-69(48)58(77)52(36(3)4)65-54(73)38(6)61-8/h9-12,15-18,23-30,35-38,47-48,51-52,60-61H,13-14,19-22,31-34H2,1-8H3,(H,64,72)(H,65,73)/t37-,38-,47-,48-,51-,52-/m0/s1. The average molecular weight is 1050 g/mol. The van der Waals surface area contributed by atoms with Gasteiger partial charge in [0.15, 0.2) is 0 Å². The second kappa shape index (κ2) is 21.5. The summed E-state index contributed by atoms with van der Waals surface area (Å²) in [6.07, 6.45) is 14.1. The van der Waals surface area contributed by atoms with Gasteiger partial charge in [0.1, 0.15) is 12.1 Å². The van der Waals surface area contributed by atoms with Crippen LogP contribution in [0.15, 0.2) is 97.8 Å². The van der Waals surface area contributed by atoms with Crippen molar-refractivity contribution in [3.8, 4) is 11.4 Å². The predicted molar refractivity (Wildman–Crippen MR) is 294 cm³/mol. The third-order valence-electron chi connectivity index (χ3n) is 16.6. The van der Waals surface area contributed by atoms with E-state index < -0.39 is 24.2 Å². The highest BCUT2D eigenvalue weighted by Crippen LogP contribution is 2.43. The van der Waals surface area contributed by atoms with E-state index in [9.17, 15) is 28.8 Å². The number of aromatic nitrogens is 4. The fourth-order valence-electron chi connectivity index (χ4n) is 12.0. The molecule has 0 unspecified atom stereocenters. The van der Waals surface area contributed by atoms with Gasteiger partial charge in [0.05, 0.1) is 70.1 Å². The van der Waals surface area contributed by atoms with Crippen molar-refractivity contribution >= 4 is 57.2 Å². The summed E-state index contributed by atoms with van der Waals surface area (Å²) in [7, 11) is 3.44. The predicted octanol–water partition coefficient (Wildman–Crippen LogP) is 5.79. The summed E-state index contributed by atoms with van der Waals surface area (Å²) in [5, 5.41) is 13.5. The Morgan fingerprint density at radius 2 is 0.948 bits per heavy atom. The molecule has 77 heavy (non-hydrogen) atoms. The molecule has 4 N–H and O–H groups in total. The molecule has 6 aromatic rings. The van der Waals surface area contributed by atoms with Crippen LogP contribution in [0.4, 0.5) is 0 Å². The Kier molecular flexibility index (Phi) is 14.8. The Balaban J connectivity index is 0.816. The number of likely N-dealkylation sites (tertiary alicyclic amines) is 4. The Hall–Kier alpha value is -7.44. The molecule has 8 heterocycles. The number of hydrogen-bond donors (Lipinski definition) is 4. The van der Waals surface area contributed by atoms with E-state index in [-0.39, 0.29) is 64.8 Å². The largest absolute Gasteiger partial charge is 0.343 e. The second-order valence-corrected chi connectivity index (χ2v) is 22.5. The van der Waals surface area contributed by atoms with Crippen molar-refractivity contribution in [2.75, 3.05) is 53.4 Å². The number of hydrogen-bond acceptors (Lipinski definition) is 10. The highest BCUT2D eigenvalue weighted by atomic mass is 16.2. The molecule has 0 radical (unpaired) electrons. The first-order chi connectivity index (χ1) is 37.0. The Labute approximate surface area is 449 Å². The highest BCUT2D eigenvalue weighted by molar-refractivity contribution is 6.09. The molecule has 404 valence electrons. The second-order valence-electron chi connectivity index (χ2n) is 22.5. The molecule has 0 aliphatic carbocycles. The van der Waals surface area contributed by atoms with Crippen molar-refractivity contribution < 1.29 is 28.8 Å². The maximum absolute atomic E-state index is 14.5. The van der Waals surface area contributed by atoms with Gasteiger partial charge < -0.3 is 50.0 Å². The van der Waals surface area contributed by atoms with Gasteiger partial charge in [-0.25, -0.2) is 0 Å². The lowest BCUT2D eigenvalue weighted by atomic mass is 9.72. The fraction of sp³-hybridized carbons (Fsp3) is 0.458. The molecule has 2 aromatic carbocycles. The molecular weight excluding hydrogens is 973 g/mol. The van der Waals surface area contributed by atoms with E-state index in [1.807, 2.05) is 129 Å². The van der Waals surface area contributed by atoms with Crippen molar-refractivity contribution in [2.24, 2.45) is 17.3 Å². The summed E-state index contributed by atoms with van der Waals surface area (Å²) < 4.78 is 4.00. The number of pyridine rings is 2. The summed E-state index contributed by atoms with van der Waals surface area (Å²) in [4.78, 5) is 99.8. The quantitative estimate of drug-likeness (QED) is 0.0921. The van der Waals surface area contributed by atoms with Gasteiger partial charge in [0.2, 0.25) is 23.6 Å². The molecule has 4 aromatic heterocycles. The van der Waals surface area contributed by atoms with Crippen LogP contribution >= 0.6 is 0 Å². The molecule has 10 rings (SSSR count). The zero-order valence-corrected chi connectivity index (χ0v) is 45.5. The first-order valence-corrected chi connectivity index (χ1v) is 27.3. The van der Waals surface area contributed by atoms with Crippen molar-refractivity contribution in [2.45, 2.75) is 103 Å². The summed E-state index contributed by atoms with van der Waals surface area (Å²) in [5.41, 5.74) is 6.02. The van der Waals surface area contributed by atoms with E-state index >= 15 is 0 Å². The maximum atomic E-state index is 14.5. The summed E-state index contributed by atoms with van der Waals surface area (Å²) >= 11 is 0. The smallest absolute Gasteiger partial charge is 0.256 e. The molecular formula is C59H72N12O6. The number of fused-ring (bicyclic) bond motifs is 2. The molecule has 1 spiro atoms. The van der Waals surface area contributed by atoms with Gasteiger partial charge in [-0.1, -0.05) is 64.1 Å². The van der Waals surface area contributed by atoms with Gasteiger partial charge in [-0.3, -0.25) is 38.7 Å². The van der Waals surface area contributed by atoms with E-state index in [0.29, 0.717) is 50.4 Å². The van der Waals surface area contributed by atoms with Crippen molar-refractivity contribution in [3.05, 3.63) is 120 Å². The monoisotopic (exact) mass is 1040 g/mol. The summed E-state index contributed by atoms with van der Waals surface area (Å²) in [6.45, 7) is 14.6. The highest BCUT2D eigenvalue weighted by Gasteiger charge is 2.55. The molecule has 6 atom stereocenters. The van der Waals surface area contributed by atoms with Crippen LogP contribution in [-0.4, -0.2) is 152 Å². The number of carbonyl (C=O) groups excluding carboxylic acids is 6. The van der Waals surface area contributed by atoms with E-state index in [1.165, 1.54) is 0 Å². The Morgan fingerprint density at radius 1 is 0.558 bits per heavy atom. The molecule has 6 amide bonds. The molecule has 4 aliphatic rings. The normalized spacial score (nSPS) is 19.6. The van der Waals surface area contributed by atoms with Crippen LogP contribution in [0, 0.1) is 17.3 Å². The Morgan fingerprint density at radius 3 is 1.32 bits per heavy atom. The Bertz CT molecular complexity index is 3030. The lowest BCUT2D eigenvalue weighted by molar-refractivity contribution is -0.139. The molecule has 0 saturated carbocycles. The van der Waals surface area contributed by atoms with Crippen LogP contribution in [-0.2, 0) is 19.2 Å². The summed E-state index contributed by atoms with van der Waals surface area (Å²) in [5.74, 6) is -1.03. The minimum absolute atomic E-state index is 0.0731.